The molecule has 5 aliphatic rings. The Morgan fingerprint density at radius 2 is 1.77 bits per heavy atom. The van der Waals surface area contributed by atoms with Crippen LogP contribution in [0.4, 0.5) is 5.69 Å². The van der Waals surface area contributed by atoms with Crippen LogP contribution in [0.1, 0.15) is 59.2 Å². The normalized spacial score (nSPS) is 37.3. The summed E-state index contributed by atoms with van der Waals surface area (Å²) in [5.74, 6) is 0.658. The summed E-state index contributed by atoms with van der Waals surface area (Å²) in [7, 11) is 0. The van der Waals surface area contributed by atoms with Gasteiger partial charge in [0.15, 0.2) is 0 Å². The van der Waals surface area contributed by atoms with Crippen LogP contribution in [0, 0.1) is 27.4 Å². The van der Waals surface area contributed by atoms with E-state index in [9.17, 15) is 19.7 Å². The van der Waals surface area contributed by atoms with Gasteiger partial charge in [-0.2, -0.15) is 0 Å². The molecule has 4 saturated carbocycles. The lowest BCUT2D eigenvalue weighted by atomic mass is 9.49. The van der Waals surface area contributed by atoms with Gasteiger partial charge >= 0.3 is 0 Å². The first kappa shape index (κ1) is 16.4. The predicted octanol–water partition coefficient (Wildman–Crippen LogP) is 3.92. The monoisotopic (exact) mass is 418 g/mol. The van der Waals surface area contributed by atoms with E-state index in [1.807, 2.05) is 0 Å². The van der Waals surface area contributed by atoms with Crippen molar-refractivity contribution < 1.29 is 14.5 Å². The Hall–Kier alpha value is -1.76. The van der Waals surface area contributed by atoms with Crippen molar-refractivity contribution in [2.45, 2.75) is 42.8 Å². The van der Waals surface area contributed by atoms with Gasteiger partial charge in [0.1, 0.15) is 0 Å². The molecule has 2 unspecified atom stereocenters. The van der Waals surface area contributed by atoms with Crippen molar-refractivity contribution in [3.63, 3.8) is 0 Å². The van der Waals surface area contributed by atoms with Crippen molar-refractivity contribution in [3.05, 3.63) is 39.4 Å². The maximum Gasteiger partial charge on any atom is 0.270 e. The van der Waals surface area contributed by atoms with Gasteiger partial charge in [0.2, 0.25) is 0 Å². The predicted molar refractivity (Wildman–Crippen MR) is 97.2 cm³/mol. The number of halogens is 1. The topological polar surface area (TPSA) is 80.5 Å². The van der Waals surface area contributed by atoms with Gasteiger partial charge in [0, 0.05) is 23.0 Å². The first-order valence-corrected chi connectivity index (χ1v) is 9.90. The van der Waals surface area contributed by atoms with Crippen LogP contribution in [0.2, 0.25) is 0 Å². The Kier molecular flexibility index (Phi) is 3.25. The van der Waals surface area contributed by atoms with Gasteiger partial charge < -0.3 is 0 Å². The van der Waals surface area contributed by atoms with E-state index >= 15 is 0 Å². The number of imide groups is 1. The lowest BCUT2D eigenvalue weighted by Gasteiger charge is -2.60. The molecule has 136 valence electrons. The van der Waals surface area contributed by atoms with Crippen LogP contribution in [0.25, 0.3) is 0 Å². The highest BCUT2D eigenvalue weighted by molar-refractivity contribution is 9.10. The fourth-order valence-corrected chi connectivity index (χ4v) is 7.90. The zero-order valence-corrected chi connectivity index (χ0v) is 15.8. The number of nitro benzene ring substituents is 1. The van der Waals surface area contributed by atoms with Crippen LogP contribution in [-0.4, -0.2) is 32.5 Å². The van der Waals surface area contributed by atoms with Gasteiger partial charge in [-0.05, 0) is 61.8 Å². The second kappa shape index (κ2) is 5.15. The fraction of sp³-hybridized carbons (Fsp3) is 0.579. The molecule has 4 bridgehead atoms. The van der Waals surface area contributed by atoms with E-state index in [4.69, 9.17) is 0 Å². The first-order chi connectivity index (χ1) is 12.3. The Labute approximate surface area is 159 Å². The summed E-state index contributed by atoms with van der Waals surface area (Å²) in [5.41, 5.74) is 0.301. The maximum absolute atomic E-state index is 12.9. The summed E-state index contributed by atoms with van der Waals surface area (Å²) >= 11 is 3.96. The molecule has 7 heteroatoms. The molecule has 0 aromatic heterocycles. The van der Waals surface area contributed by atoms with E-state index in [1.54, 1.807) is 0 Å². The number of alkyl halides is 1. The van der Waals surface area contributed by atoms with Crippen LogP contribution < -0.4 is 0 Å². The van der Waals surface area contributed by atoms with Crippen molar-refractivity contribution >= 4 is 33.4 Å². The number of non-ortho nitro benzene ring substituents is 1. The number of amides is 2. The Morgan fingerprint density at radius 3 is 2.38 bits per heavy atom. The second-order valence-corrected chi connectivity index (χ2v) is 10.5. The number of rotatable bonds is 3. The van der Waals surface area contributed by atoms with Gasteiger partial charge in [-0.3, -0.25) is 24.6 Å². The number of nitro groups is 1. The van der Waals surface area contributed by atoms with Crippen molar-refractivity contribution in [1.82, 2.24) is 4.90 Å². The molecule has 4 fully saturated rings. The molecule has 26 heavy (non-hydrogen) atoms. The number of hydrogen-bond donors (Lipinski definition) is 0. The summed E-state index contributed by atoms with van der Waals surface area (Å²) in [4.78, 5) is 37.5. The molecular weight excluding hydrogens is 400 g/mol. The van der Waals surface area contributed by atoms with E-state index in [-0.39, 0.29) is 32.8 Å². The summed E-state index contributed by atoms with van der Waals surface area (Å²) < 4.78 is 0.161. The van der Waals surface area contributed by atoms with Crippen molar-refractivity contribution in [1.29, 1.82) is 0 Å². The molecule has 0 saturated heterocycles. The van der Waals surface area contributed by atoms with E-state index < -0.39 is 4.92 Å². The zero-order valence-electron chi connectivity index (χ0n) is 14.2. The number of carbonyl (C=O) groups is 2. The van der Waals surface area contributed by atoms with Crippen molar-refractivity contribution in [2.24, 2.45) is 17.3 Å². The first-order valence-electron chi connectivity index (χ1n) is 9.11. The minimum Gasteiger partial charge on any atom is -0.274 e. The number of carbonyl (C=O) groups excluding carboxylic acids is 2. The van der Waals surface area contributed by atoms with Crippen LogP contribution in [-0.2, 0) is 0 Å². The maximum atomic E-state index is 12.9. The SMILES string of the molecule is O=C1c2ccc([N+](=O)[O-])cc2C(=O)N1CC12C[C@@H]3C[C@@H](CC(Br)(C3)C1)C2. The fourth-order valence-electron chi connectivity index (χ4n) is 6.39. The molecule has 1 aromatic rings. The highest BCUT2D eigenvalue weighted by Gasteiger charge is 2.58. The summed E-state index contributed by atoms with van der Waals surface area (Å²) in [5, 5.41) is 11.0. The molecule has 4 aliphatic carbocycles. The van der Waals surface area contributed by atoms with Crippen molar-refractivity contribution in [2.75, 3.05) is 6.54 Å². The molecule has 1 aliphatic heterocycles. The molecule has 0 radical (unpaired) electrons. The minimum atomic E-state index is -0.533. The zero-order chi connectivity index (χ0) is 18.3. The lowest BCUT2D eigenvalue weighted by Crippen LogP contribution is -2.57. The number of fused-ring (bicyclic) bond motifs is 1. The van der Waals surface area contributed by atoms with Crippen molar-refractivity contribution in [3.8, 4) is 0 Å². The minimum absolute atomic E-state index is 0.00706. The molecule has 0 spiro atoms. The molecule has 0 N–H and O–H groups in total. The van der Waals surface area contributed by atoms with Gasteiger partial charge in [-0.15, -0.1) is 0 Å². The highest BCUT2D eigenvalue weighted by atomic mass is 79.9. The third-order valence-corrected chi connectivity index (χ3v) is 7.70. The Balaban J connectivity index is 1.46. The van der Waals surface area contributed by atoms with Crippen LogP contribution >= 0.6 is 15.9 Å². The lowest BCUT2D eigenvalue weighted by molar-refractivity contribution is -0.384. The highest BCUT2D eigenvalue weighted by Crippen LogP contribution is 2.64. The average Bonchev–Trinajstić information content (AvgIpc) is 2.77. The quantitative estimate of drug-likeness (QED) is 0.322. The largest absolute Gasteiger partial charge is 0.274 e. The third kappa shape index (κ3) is 2.29. The summed E-state index contributed by atoms with van der Waals surface area (Å²) in [6, 6.07) is 3.95. The second-order valence-electron chi connectivity index (χ2n) is 8.80. The van der Waals surface area contributed by atoms with Gasteiger partial charge in [0.25, 0.3) is 17.5 Å². The molecule has 4 atom stereocenters. The molecule has 6 nitrogen and oxygen atoms in total. The van der Waals surface area contributed by atoms with Crippen LogP contribution in [0.15, 0.2) is 18.2 Å². The number of benzene rings is 1. The van der Waals surface area contributed by atoms with E-state index in [2.05, 4.69) is 15.9 Å². The molecule has 1 aromatic carbocycles. The summed E-state index contributed by atoms with van der Waals surface area (Å²) in [6.45, 7) is 0.438. The summed E-state index contributed by atoms with van der Waals surface area (Å²) in [6.07, 6.45) is 6.80. The smallest absolute Gasteiger partial charge is 0.270 e. The van der Waals surface area contributed by atoms with Gasteiger partial charge in [0.05, 0.1) is 16.1 Å². The Morgan fingerprint density at radius 1 is 1.12 bits per heavy atom. The Bertz CT molecular complexity index is 853. The van der Waals surface area contributed by atoms with Crippen LogP contribution in [0.5, 0.6) is 0 Å². The average molecular weight is 419 g/mol. The molecular formula is C19H19BrN2O4. The molecule has 6 rings (SSSR count). The molecule has 1 heterocycles. The number of hydrogen-bond acceptors (Lipinski definition) is 4. The third-order valence-electron chi connectivity index (χ3n) is 6.77. The van der Waals surface area contributed by atoms with Gasteiger partial charge in [-0.1, -0.05) is 15.9 Å². The van der Waals surface area contributed by atoms with Crippen LogP contribution in [0.3, 0.4) is 0 Å². The van der Waals surface area contributed by atoms with E-state index in [0.29, 0.717) is 23.9 Å². The standard InChI is InChI=1S/C19H19BrN2O4/c20-19-7-11-3-12(8-19)6-18(5-11,9-19)10-21-16(23)14-2-1-13(22(25)26)4-15(14)17(21)24/h1-2,4,11-12H,3,5-10H2/t11-,12+,18?,19?. The van der Waals surface area contributed by atoms with Gasteiger partial charge in [-0.25, -0.2) is 0 Å². The van der Waals surface area contributed by atoms with E-state index in [1.165, 1.54) is 42.4 Å². The van der Waals surface area contributed by atoms with E-state index in [0.717, 1.165) is 19.3 Å². The number of nitrogens with zero attached hydrogens (tertiary/aromatic N) is 2. The molecule has 2 amide bonds.